The van der Waals surface area contributed by atoms with E-state index in [1.54, 1.807) is 0 Å². The summed E-state index contributed by atoms with van der Waals surface area (Å²) in [6.07, 6.45) is 15.8. The van der Waals surface area contributed by atoms with E-state index in [-0.39, 0.29) is 0 Å². The first-order valence-electron chi connectivity index (χ1n) is 9.23. The minimum Gasteiger partial charge on any atom is -0.414 e. The van der Waals surface area contributed by atoms with E-state index in [1.165, 1.54) is 76.7 Å². The third-order valence-corrected chi connectivity index (χ3v) is 7.10. The Bertz CT molecular complexity index is 204. The summed E-state index contributed by atoms with van der Waals surface area (Å²) in [7, 11) is -1.36. The van der Waals surface area contributed by atoms with Gasteiger partial charge in [0.05, 0.1) is 0 Å². The van der Waals surface area contributed by atoms with Gasteiger partial charge in [0.1, 0.15) is 0 Å². The van der Waals surface area contributed by atoms with Crippen LogP contribution in [0.2, 0.25) is 19.1 Å². The molecule has 0 spiro atoms. The van der Waals surface area contributed by atoms with Gasteiger partial charge in [-0.25, -0.2) is 0 Å². The quantitative estimate of drug-likeness (QED) is 0.250. The maximum absolute atomic E-state index is 6.35. The standard InChI is InChI=1S/C18H40OSi/c1-6-9-10-11-12-13-14-15-16-17-18(7-2)19-20(4,5)8-3/h18H,6-17H2,1-5H3. The van der Waals surface area contributed by atoms with Crippen LogP contribution in [0.5, 0.6) is 0 Å². The number of hydrogen-bond donors (Lipinski definition) is 0. The zero-order valence-corrected chi connectivity index (χ0v) is 16.0. The van der Waals surface area contributed by atoms with E-state index in [0.717, 1.165) is 0 Å². The van der Waals surface area contributed by atoms with Gasteiger partial charge in [-0.15, -0.1) is 0 Å². The summed E-state index contributed by atoms with van der Waals surface area (Å²) in [6.45, 7) is 11.5. The van der Waals surface area contributed by atoms with E-state index in [4.69, 9.17) is 4.43 Å². The zero-order chi connectivity index (χ0) is 15.3. The lowest BCUT2D eigenvalue weighted by molar-refractivity contribution is 0.173. The van der Waals surface area contributed by atoms with E-state index >= 15 is 0 Å². The Kier molecular flexibility index (Phi) is 13.0. The summed E-state index contributed by atoms with van der Waals surface area (Å²) in [4.78, 5) is 0. The Labute approximate surface area is 130 Å². The van der Waals surface area contributed by atoms with Gasteiger partial charge in [0.2, 0.25) is 0 Å². The minimum atomic E-state index is -1.36. The largest absolute Gasteiger partial charge is 0.414 e. The molecule has 0 bridgehead atoms. The molecule has 0 aliphatic heterocycles. The highest BCUT2D eigenvalue weighted by Crippen LogP contribution is 2.19. The molecule has 0 aliphatic rings. The summed E-state index contributed by atoms with van der Waals surface area (Å²) in [5.41, 5.74) is 0. The Morgan fingerprint density at radius 2 is 1.25 bits per heavy atom. The third kappa shape index (κ3) is 12.0. The molecule has 0 saturated heterocycles. The monoisotopic (exact) mass is 300 g/mol. The normalized spacial score (nSPS) is 13.7. The molecule has 0 radical (unpaired) electrons. The van der Waals surface area contributed by atoms with Gasteiger partial charge in [-0.2, -0.15) is 0 Å². The molecule has 0 heterocycles. The second kappa shape index (κ2) is 12.9. The van der Waals surface area contributed by atoms with E-state index in [9.17, 15) is 0 Å². The topological polar surface area (TPSA) is 9.23 Å². The molecular weight excluding hydrogens is 260 g/mol. The summed E-state index contributed by atoms with van der Waals surface area (Å²) >= 11 is 0. The Morgan fingerprint density at radius 3 is 1.70 bits per heavy atom. The molecule has 0 amide bonds. The molecule has 1 atom stereocenters. The van der Waals surface area contributed by atoms with Crippen LogP contribution in [-0.4, -0.2) is 14.4 Å². The van der Waals surface area contributed by atoms with E-state index in [1.807, 2.05) is 0 Å². The highest BCUT2D eigenvalue weighted by atomic mass is 28.4. The van der Waals surface area contributed by atoms with Crippen molar-refractivity contribution in [2.75, 3.05) is 0 Å². The summed E-state index contributed by atoms with van der Waals surface area (Å²) in [5.74, 6) is 0. The zero-order valence-electron chi connectivity index (χ0n) is 15.0. The molecule has 0 saturated carbocycles. The summed E-state index contributed by atoms with van der Waals surface area (Å²) in [5, 5.41) is 0. The van der Waals surface area contributed by atoms with Crippen molar-refractivity contribution in [1.29, 1.82) is 0 Å². The average molecular weight is 301 g/mol. The van der Waals surface area contributed by atoms with Crippen LogP contribution < -0.4 is 0 Å². The van der Waals surface area contributed by atoms with E-state index in [0.29, 0.717) is 6.10 Å². The van der Waals surface area contributed by atoms with Gasteiger partial charge < -0.3 is 4.43 Å². The van der Waals surface area contributed by atoms with Crippen LogP contribution in [0.25, 0.3) is 0 Å². The molecule has 122 valence electrons. The van der Waals surface area contributed by atoms with E-state index < -0.39 is 8.32 Å². The molecular formula is C18H40OSi. The van der Waals surface area contributed by atoms with Crippen LogP contribution in [0.1, 0.15) is 91.4 Å². The Morgan fingerprint density at radius 1 is 0.750 bits per heavy atom. The molecule has 2 heteroatoms. The van der Waals surface area contributed by atoms with Crippen molar-refractivity contribution >= 4 is 8.32 Å². The van der Waals surface area contributed by atoms with Crippen LogP contribution in [0.4, 0.5) is 0 Å². The Hall–Kier alpha value is 0.177. The van der Waals surface area contributed by atoms with Gasteiger partial charge in [-0.05, 0) is 32.0 Å². The third-order valence-electron chi connectivity index (χ3n) is 4.42. The SMILES string of the molecule is CCCCCCCCCCCC(CC)O[Si](C)(C)CC. The fourth-order valence-electron chi connectivity index (χ4n) is 2.56. The fraction of sp³-hybridized carbons (Fsp3) is 1.00. The minimum absolute atomic E-state index is 0.529. The van der Waals surface area contributed by atoms with Gasteiger partial charge in [0.15, 0.2) is 8.32 Å². The van der Waals surface area contributed by atoms with Crippen molar-refractivity contribution in [2.45, 2.75) is 117 Å². The van der Waals surface area contributed by atoms with Crippen molar-refractivity contribution in [2.24, 2.45) is 0 Å². The molecule has 20 heavy (non-hydrogen) atoms. The molecule has 0 fully saturated rings. The summed E-state index contributed by atoms with van der Waals surface area (Å²) in [6, 6.07) is 1.24. The lowest BCUT2D eigenvalue weighted by Gasteiger charge is -2.28. The molecule has 0 rings (SSSR count). The number of unbranched alkanes of at least 4 members (excludes halogenated alkanes) is 8. The summed E-state index contributed by atoms with van der Waals surface area (Å²) < 4.78 is 6.35. The van der Waals surface area contributed by atoms with E-state index in [2.05, 4.69) is 33.9 Å². The van der Waals surface area contributed by atoms with Gasteiger partial charge in [0.25, 0.3) is 0 Å². The van der Waals surface area contributed by atoms with Gasteiger partial charge in [0, 0.05) is 6.10 Å². The van der Waals surface area contributed by atoms with Crippen LogP contribution in [-0.2, 0) is 4.43 Å². The highest BCUT2D eigenvalue weighted by molar-refractivity contribution is 6.71. The predicted molar refractivity (Wildman–Crippen MR) is 95.0 cm³/mol. The molecule has 0 aromatic rings. The second-order valence-electron chi connectivity index (χ2n) is 6.88. The lowest BCUT2D eigenvalue weighted by Crippen LogP contribution is -2.34. The Balaban J connectivity index is 3.47. The highest BCUT2D eigenvalue weighted by Gasteiger charge is 2.23. The number of hydrogen-bond acceptors (Lipinski definition) is 1. The maximum atomic E-state index is 6.35. The molecule has 0 aromatic carbocycles. The second-order valence-corrected chi connectivity index (χ2v) is 11.3. The van der Waals surface area contributed by atoms with Crippen molar-refractivity contribution in [3.8, 4) is 0 Å². The van der Waals surface area contributed by atoms with Crippen molar-refractivity contribution in [1.82, 2.24) is 0 Å². The van der Waals surface area contributed by atoms with Crippen molar-refractivity contribution in [3.05, 3.63) is 0 Å². The first-order chi connectivity index (χ1) is 9.55. The molecule has 0 aromatic heterocycles. The fourth-order valence-corrected chi connectivity index (χ4v) is 3.92. The van der Waals surface area contributed by atoms with Crippen LogP contribution in [0.15, 0.2) is 0 Å². The smallest absolute Gasteiger partial charge is 0.186 e. The molecule has 0 N–H and O–H groups in total. The first kappa shape index (κ1) is 20.2. The molecule has 1 unspecified atom stereocenters. The van der Waals surface area contributed by atoms with Gasteiger partial charge in [-0.1, -0.05) is 78.6 Å². The average Bonchev–Trinajstić information content (AvgIpc) is 2.44. The first-order valence-corrected chi connectivity index (χ1v) is 12.3. The number of rotatable bonds is 14. The van der Waals surface area contributed by atoms with Crippen LogP contribution in [0.3, 0.4) is 0 Å². The predicted octanol–water partition coefficient (Wildman–Crippen LogP) is 6.93. The molecule has 1 nitrogen and oxygen atoms in total. The van der Waals surface area contributed by atoms with Crippen LogP contribution in [0, 0.1) is 0 Å². The maximum Gasteiger partial charge on any atom is 0.186 e. The molecule has 0 aliphatic carbocycles. The van der Waals surface area contributed by atoms with Gasteiger partial charge >= 0.3 is 0 Å². The van der Waals surface area contributed by atoms with Crippen molar-refractivity contribution in [3.63, 3.8) is 0 Å². The lowest BCUT2D eigenvalue weighted by atomic mass is 10.0. The van der Waals surface area contributed by atoms with Crippen LogP contribution >= 0.6 is 0 Å². The van der Waals surface area contributed by atoms with Crippen molar-refractivity contribution < 1.29 is 4.43 Å². The van der Waals surface area contributed by atoms with Gasteiger partial charge in [-0.3, -0.25) is 0 Å².